The Bertz CT molecular complexity index is 2560. The van der Waals surface area contributed by atoms with Crippen LogP contribution in [0.25, 0.3) is 33.6 Å². The van der Waals surface area contributed by atoms with Crippen molar-refractivity contribution in [1.29, 1.82) is 0 Å². The first-order valence-electron chi connectivity index (χ1n) is 21.7. The molecule has 0 saturated carbocycles. The number of fused-ring (bicyclic) bond motifs is 4. The van der Waals surface area contributed by atoms with E-state index in [0.29, 0.717) is 11.1 Å². The van der Waals surface area contributed by atoms with Gasteiger partial charge in [-0.25, -0.2) is 19.2 Å². The molecular weight excluding hydrogens is 801 g/mol. The number of amides is 2. The molecule has 2 N–H and O–H groups in total. The first-order valence-corrected chi connectivity index (χ1v) is 21.7. The fourth-order valence-electron chi connectivity index (χ4n) is 8.30. The van der Waals surface area contributed by atoms with Gasteiger partial charge in [0.15, 0.2) is 0 Å². The predicted octanol–water partition coefficient (Wildman–Crippen LogP) is 9.08. The SMILES string of the molecule is CCCCCc1ccc(-c2cc3cn(C4CC(OC(=O)NCc5ccccc5)C(COC(=O)[C@@H](NC(=O)OCC5c6ccccc6-c6ccccc65)C(C)C)O4)c(=O)nc3o2)cc1. The molecule has 8 rings (SSSR count). The summed E-state index contributed by atoms with van der Waals surface area (Å²) in [7, 11) is 0. The minimum Gasteiger partial charge on any atom is -0.461 e. The Hall–Kier alpha value is -6.73. The summed E-state index contributed by atoms with van der Waals surface area (Å²) < 4.78 is 31.0. The standard InChI is InChI=1S/C50H52N4O9/c1-4-5-7-14-32-21-23-34(24-22-32)41-25-35-28-54(48(56)53-46(35)62-41)44-26-42(63-49(57)51-27-33-15-8-6-9-16-33)43(61-44)30-59-47(55)45(31(2)3)52-50(58)60-29-40-38-19-12-10-17-36(38)37-18-11-13-20-39(37)40/h6,8-13,15-25,28,31,40,42-45H,4-5,7,14,26-27,29-30H2,1-3H3,(H,51,57)(H,52,58)/t42?,43?,44?,45-/m0/s1. The van der Waals surface area contributed by atoms with Crippen LogP contribution in [0.1, 0.15) is 80.9 Å². The van der Waals surface area contributed by atoms with Crippen LogP contribution in [0.2, 0.25) is 0 Å². The zero-order chi connectivity index (χ0) is 43.9. The van der Waals surface area contributed by atoms with Crippen molar-refractivity contribution in [1.82, 2.24) is 20.2 Å². The maximum Gasteiger partial charge on any atom is 0.407 e. The number of nitrogens with one attached hydrogen (secondary N) is 2. The topological polar surface area (TPSA) is 160 Å². The second-order valence-electron chi connectivity index (χ2n) is 16.4. The number of unbranched alkanes of at least 4 members (excludes halogenated alkanes) is 2. The second-order valence-corrected chi connectivity index (χ2v) is 16.4. The minimum atomic E-state index is -1.06. The van der Waals surface area contributed by atoms with E-state index in [1.54, 1.807) is 20.0 Å². The molecule has 13 nitrogen and oxygen atoms in total. The highest BCUT2D eigenvalue weighted by Crippen LogP contribution is 2.44. The van der Waals surface area contributed by atoms with Crippen LogP contribution in [0.15, 0.2) is 125 Å². The third kappa shape index (κ3) is 9.99. The summed E-state index contributed by atoms with van der Waals surface area (Å²) in [5.74, 6) is -0.684. The summed E-state index contributed by atoms with van der Waals surface area (Å²) in [5.41, 5.74) is 6.86. The van der Waals surface area contributed by atoms with Gasteiger partial charge in [-0.05, 0) is 58.2 Å². The van der Waals surface area contributed by atoms with E-state index in [1.165, 1.54) is 16.6 Å². The quantitative estimate of drug-likeness (QED) is 0.0546. The van der Waals surface area contributed by atoms with Crippen LogP contribution in [0, 0.1) is 5.92 Å². The van der Waals surface area contributed by atoms with Crippen LogP contribution >= 0.6 is 0 Å². The molecule has 0 bridgehead atoms. The van der Waals surface area contributed by atoms with Crippen LogP contribution in [0.3, 0.4) is 0 Å². The summed E-state index contributed by atoms with van der Waals surface area (Å²) >= 11 is 0. The Morgan fingerprint density at radius 2 is 1.52 bits per heavy atom. The summed E-state index contributed by atoms with van der Waals surface area (Å²) in [6.07, 6.45) is 1.86. The number of aryl methyl sites for hydroxylation is 1. The van der Waals surface area contributed by atoms with Crippen molar-refractivity contribution >= 4 is 29.3 Å². The zero-order valence-corrected chi connectivity index (χ0v) is 35.7. The van der Waals surface area contributed by atoms with E-state index in [0.717, 1.165) is 52.6 Å². The lowest BCUT2D eigenvalue weighted by Gasteiger charge is -2.23. The molecular formula is C50H52N4O9. The van der Waals surface area contributed by atoms with Gasteiger partial charge in [-0.15, -0.1) is 0 Å². The fraction of sp³-hybridized carbons (Fsp3) is 0.340. The molecule has 1 saturated heterocycles. The summed E-state index contributed by atoms with van der Waals surface area (Å²) in [4.78, 5) is 57.7. The molecule has 6 aromatic rings. The molecule has 1 aliphatic heterocycles. The minimum absolute atomic E-state index is 0.0594. The number of carbonyl (C=O) groups is 3. The van der Waals surface area contributed by atoms with Crippen LogP contribution in [-0.2, 0) is 36.7 Å². The number of esters is 1. The largest absolute Gasteiger partial charge is 0.461 e. The Balaban J connectivity index is 0.939. The van der Waals surface area contributed by atoms with Crippen molar-refractivity contribution in [3.63, 3.8) is 0 Å². The van der Waals surface area contributed by atoms with Crippen LogP contribution in [0.4, 0.5) is 9.59 Å². The van der Waals surface area contributed by atoms with Gasteiger partial charge in [0.25, 0.3) is 0 Å². The number of benzene rings is 4. The van der Waals surface area contributed by atoms with E-state index in [-0.39, 0.29) is 43.7 Å². The fourth-order valence-corrected chi connectivity index (χ4v) is 8.30. The number of nitrogens with zero attached hydrogens (tertiary/aromatic N) is 2. The van der Waals surface area contributed by atoms with Crippen molar-refractivity contribution in [3.8, 4) is 22.5 Å². The van der Waals surface area contributed by atoms with Gasteiger partial charge in [-0.2, -0.15) is 4.98 Å². The van der Waals surface area contributed by atoms with E-state index in [9.17, 15) is 19.2 Å². The van der Waals surface area contributed by atoms with Gasteiger partial charge < -0.3 is 34.0 Å². The summed E-state index contributed by atoms with van der Waals surface area (Å²) in [5, 5.41) is 6.02. The number of alkyl carbamates (subject to hydrolysis) is 2. The lowest BCUT2D eigenvalue weighted by atomic mass is 9.98. The molecule has 13 heteroatoms. The van der Waals surface area contributed by atoms with Crippen molar-refractivity contribution in [3.05, 3.63) is 148 Å². The molecule has 63 heavy (non-hydrogen) atoms. The zero-order valence-electron chi connectivity index (χ0n) is 35.7. The second kappa shape index (κ2) is 19.5. The van der Waals surface area contributed by atoms with E-state index >= 15 is 0 Å². The van der Waals surface area contributed by atoms with Crippen LogP contribution < -0.4 is 16.3 Å². The molecule has 0 spiro atoms. The third-order valence-electron chi connectivity index (χ3n) is 11.7. The Kier molecular flexibility index (Phi) is 13.3. The van der Waals surface area contributed by atoms with Crippen molar-refractivity contribution in [2.24, 2.45) is 5.92 Å². The van der Waals surface area contributed by atoms with Gasteiger partial charge in [-0.1, -0.05) is 137 Å². The Morgan fingerprint density at radius 1 is 0.825 bits per heavy atom. The van der Waals surface area contributed by atoms with Crippen molar-refractivity contribution in [2.45, 2.75) is 89.8 Å². The maximum atomic E-state index is 13.7. The molecule has 3 unspecified atom stereocenters. The highest BCUT2D eigenvalue weighted by Gasteiger charge is 2.41. The Labute approximate surface area is 365 Å². The van der Waals surface area contributed by atoms with Gasteiger partial charge in [0.1, 0.15) is 43.5 Å². The van der Waals surface area contributed by atoms with Gasteiger partial charge in [0, 0.05) is 30.6 Å². The van der Waals surface area contributed by atoms with E-state index in [1.807, 2.05) is 84.9 Å². The van der Waals surface area contributed by atoms with Crippen molar-refractivity contribution < 1.29 is 37.7 Å². The number of carbonyl (C=O) groups excluding carboxylic acids is 3. The van der Waals surface area contributed by atoms with E-state index in [2.05, 4.69) is 46.8 Å². The predicted molar refractivity (Wildman–Crippen MR) is 237 cm³/mol. The Morgan fingerprint density at radius 3 is 2.22 bits per heavy atom. The summed E-state index contributed by atoms with van der Waals surface area (Å²) in [6, 6.07) is 34.4. The first-order chi connectivity index (χ1) is 30.6. The molecule has 3 heterocycles. The summed E-state index contributed by atoms with van der Waals surface area (Å²) in [6.45, 7) is 5.70. The maximum absolute atomic E-state index is 13.7. The van der Waals surface area contributed by atoms with Crippen molar-refractivity contribution in [2.75, 3.05) is 13.2 Å². The van der Waals surface area contributed by atoms with Gasteiger partial charge in [0.2, 0.25) is 5.71 Å². The number of hydrogen-bond acceptors (Lipinski definition) is 10. The van der Waals surface area contributed by atoms with E-state index < -0.39 is 48.3 Å². The van der Waals surface area contributed by atoms with Crippen LogP contribution in [0.5, 0.6) is 0 Å². The monoisotopic (exact) mass is 852 g/mol. The van der Waals surface area contributed by atoms with Crippen LogP contribution in [-0.4, -0.2) is 59.2 Å². The first kappa shape index (κ1) is 42.9. The third-order valence-corrected chi connectivity index (χ3v) is 11.7. The van der Waals surface area contributed by atoms with Gasteiger partial charge in [-0.3, -0.25) is 4.57 Å². The number of aromatic nitrogens is 2. The average molecular weight is 853 g/mol. The highest BCUT2D eigenvalue weighted by molar-refractivity contribution is 5.82. The molecule has 2 aromatic heterocycles. The molecule has 1 aliphatic carbocycles. The molecule has 0 radical (unpaired) electrons. The molecule has 1 fully saturated rings. The molecule has 326 valence electrons. The normalized spacial score (nSPS) is 17.2. The smallest absolute Gasteiger partial charge is 0.407 e. The van der Waals surface area contributed by atoms with Gasteiger partial charge in [0.05, 0.1) is 5.39 Å². The number of ether oxygens (including phenoxy) is 4. The van der Waals surface area contributed by atoms with E-state index in [4.69, 9.17) is 23.4 Å². The number of hydrogen-bond donors (Lipinski definition) is 2. The molecule has 2 aliphatic rings. The number of rotatable bonds is 16. The molecule has 2 amide bonds. The number of furan rings is 1. The van der Waals surface area contributed by atoms with Gasteiger partial charge >= 0.3 is 23.8 Å². The molecule has 4 atom stereocenters. The lowest BCUT2D eigenvalue weighted by Crippen LogP contribution is -2.46. The lowest BCUT2D eigenvalue weighted by molar-refractivity contribution is -0.153. The molecule has 4 aromatic carbocycles. The average Bonchev–Trinajstić information content (AvgIpc) is 3.99. The highest BCUT2D eigenvalue weighted by atomic mass is 16.6.